The Hall–Kier alpha value is -1.14. The molecule has 2 rings (SSSR count). The van der Waals surface area contributed by atoms with Gasteiger partial charge in [-0.05, 0) is 25.5 Å². The maximum Gasteiger partial charge on any atom is 0.419 e. The molecule has 6 heteroatoms. The van der Waals surface area contributed by atoms with E-state index in [1.165, 1.54) is 6.07 Å². The molecule has 0 aliphatic carbocycles. The average Bonchev–Trinajstić information content (AvgIpc) is 2.28. The second kappa shape index (κ2) is 4.51. The van der Waals surface area contributed by atoms with Gasteiger partial charge in [0.15, 0.2) is 0 Å². The van der Waals surface area contributed by atoms with Gasteiger partial charge in [0.2, 0.25) is 0 Å². The standard InChI is InChI=1S/C12H13F4NO/c13-10-8(11(18)5-2-6-17-7-11)3-1-4-9(10)12(14,15)16/h1,3-4,17-18H,2,5-7H2. The van der Waals surface area contributed by atoms with E-state index in [4.69, 9.17) is 0 Å². The molecule has 0 aromatic heterocycles. The van der Waals surface area contributed by atoms with Gasteiger partial charge in [0.25, 0.3) is 0 Å². The fourth-order valence-electron chi connectivity index (χ4n) is 2.23. The van der Waals surface area contributed by atoms with E-state index >= 15 is 0 Å². The fourth-order valence-corrected chi connectivity index (χ4v) is 2.23. The van der Waals surface area contributed by atoms with Gasteiger partial charge in [0.1, 0.15) is 11.4 Å². The van der Waals surface area contributed by atoms with Crippen molar-refractivity contribution in [2.24, 2.45) is 0 Å². The van der Waals surface area contributed by atoms with E-state index in [9.17, 15) is 22.7 Å². The number of rotatable bonds is 1. The van der Waals surface area contributed by atoms with Crippen LogP contribution in [0.15, 0.2) is 18.2 Å². The van der Waals surface area contributed by atoms with Crippen LogP contribution in [0.5, 0.6) is 0 Å². The molecule has 1 saturated heterocycles. The monoisotopic (exact) mass is 263 g/mol. The molecule has 1 fully saturated rings. The summed E-state index contributed by atoms with van der Waals surface area (Å²) >= 11 is 0. The third kappa shape index (κ3) is 2.35. The van der Waals surface area contributed by atoms with Gasteiger partial charge in [-0.3, -0.25) is 0 Å². The minimum absolute atomic E-state index is 0.0607. The van der Waals surface area contributed by atoms with Crippen LogP contribution in [-0.2, 0) is 11.8 Å². The molecule has 1 heterocycles. The number of hydrogen-bond donors (Lipinski definition) is 2. The van der Waals surface area contributed by atoms with Crippen LogP contribution in [0.2, 0.25) is 0 Å². The number of β-amino-alcohol motifs (C(OH)–C–C–N with tert-alkyl or cyclic N) is 1. The van der Waals surface area contributed by atoms with Crippen LogP contribution < -0.4 is 5.32 Å². The average molecular weight is 263 g/mol. The smallest absolute Gasteiger partial charge is 0.384 e. The lowest BCUT2D eigenvalue weighted by Crippen LogP contribution is -2.44. The second-order valence-electron chi connectivity index (χ2n) is 4.48. The van der Waals surface area contributed by atoms with Crippen LogP contribution in [0.4, 0.5) is 17.6 Å². The lowest BCUT2D eigenvalue weighted by Gasteiger charge is -2.33. The Morgan fingerprint density at radius 2 is 2.00 bits per heavy atom. The van der Waals surface area contributed by atoms with E-state index in [2.05, 4.69) is 5.32 Å². The van der Waals surface area contributed by atoms with Crippen LogP contribution in [0.25, 0.3) is 0 Å². The highest BCUT2D eigenvalue weighted by Gasteiger charge is 2.40. The SMILES string of the molecule is OC1(c2cccc(C(F)(F)F)c2F)CCCNC1. The molecule has 2 N–H and O–H groups in total. The first-order chi connectivity index (χ1) is 8.34. The minimum atomic E-state index is -4.75. The Morgan fingerprint density at radius 3 is 2.56 bits per heavy atom. The van der Waals surface area contributed by atoms with E-state index in [0.717, 1.165) is 6.07 Å². The summed E-state index contributed by atoms with van der Waals surface area (Å²) in [5, 5.41) is 13.1. The summed E-state index contributed by atoms with van der Waals surface area (Å²) in [6, 6.07) is 3.00. The second-order valence-corrected chi connectivity index (χ2v) is 4.48. The Kier molecular flexibility index (Phi) is 3.33. The number of alkyl halides is 3. The largest absolute Gasteiger partial charge is 0.419 e. The van der Waals surface area contributed by atoms with Crippen molar-refractivity contribution in [2.45, 2.75) is 24.6 Å². The molecule has 0 spiro atoms. The van der Waals surface area contributed by atoms with Crippen LogP contribution in [-0.4, -0.2) is 18.2 Å². The van der Waals surface area contributed by atoms with Gasteiger partial charge >= 0.3 is 6.18 Å². The van der Waals surface area contributed by atoms with Crippen molar-refractivity contribution < 1.29 is 22.7 Å². The van der Waals surface area contributed by atoms with Crippen molar-refractivity contribution in [1.29, 1.82) is 0 Å². The zero-order chi connectivity index (χ0) is 13.4. The van der Waals surface area contributed by atoms with Crippen molar-refractivity contribution in [2.75, 3.05) is 13.1 Å². The van der Waals surface area contributed by atoms with Crippen LogP contribution >= 0.6 is 0 Å². The summed E-state index contributed by atoms with van der Waals surface area (Å²) in [4.78, 5) is 0. The molecule has 1 atom stereocenters. The number of halogens is 4. The predicted molar refractivity (Wildman–Crippen MR) is 57.4 cm³/mol. The van der Waals surface area contributed by atoms with E-state index in [0.29, 0.717) is 19.0 Å². The quantitative estimate of drug-likeness (QED) is 0.763. The van der Waals surface area contributed by atoms with Gasteiger partial charge in [-0.15, -0.1) is 0 Å². The highest BCUT2D eigenvalue weighted by atomic mass is 19.4. The van der Waals surface area contributed by atoms with Crippen molar-refractivity contribution in [3.05, 3.63) is 35.1 Å². The van der Waals surface area contributed by atoms with Gasteiger partial charge in [-0.1, -0.05) is 12.1 Å². The molecule has 1 aromatic carbocycles. The third-order valence-corrected chi connectivity index (χ3v) is 3.17. The molecule has 18 heavy (non-hydrogen) atoms. The third-order valence-electron chi connectivity index (χ3n) is 3.17. The van der Waals surface area contributed by atoms with Crippen molar-refractivity contribution in [3.63, 3.8) is 0 Å². The van der Waals surface area contributed by atoms with Crippen LogP contribution in [0.3, 0.4) is 0 Å². The maximum atomic E-state index is 13.9. The number of hydrogen-bond acceptors (Lipinski definition) is 2. The molecule has 100 valence electrons. The molecular formula is C12H13F4NO. The van der Waals surface area contributed by atoms with Crippen molar-refractivity contribution >= 4 is 0 Å². The Morgan fingerprint density at radius 1 is 1.28 bits per heavy atom. The molecule has 1 aromatic rings. The van der Waals surface area contributed by atoms with Gasteiger partial charge in [0.05, 0.1) is 5.56 Å². The van der Waals surface area contributed by atoms with Gasteiger partial charge in [-0.25, -0.2) is 4.39 Å². The van der Waals surface area contributed by atoms with Crippen molar-refractivity contribution in [1.82, 2.24) is 5.32 Å². The van der Waals surface area contributed by atoms with Gasteiger partial charge < -0.3 is 10.4 Å². The zero-order valence-electron chi connectivity index (χ0n) is 9.52. The van der Waals surface area contributed by atoms with Gasteiger partial charge in [-0.2, -0.15) is 13.2 Å². The first-order valence-corrected chi connectivity index (χ1v) is 5.64. The maximum absolute atomic E-state index is 13.9. The summed E-state index contributed by atoms with van der Waals surface area (Å²) in [6.07, 6.45) is -3.91. The minimum Gasteiger partial charge on any atom is -0.384 e. The summed E-state index contributed by atoms with van der Waals surface area (Å²) < 4.78 is 51.6. The molecule has 1 aliphatic heterocycles. The molecule has 1 aliphatic rings. The molecule has 0 amide bonds. The van der Waals surface area contributed by atoms with E-state index in [1.807, 2.05) is 0 Å². The highest BCUT2D eigenvalue weighted by Crippen LogP contribution is 2.37. The molecule has 0 bridgehead atoms. The zero-order valence-corrected chi connectivity index (χ0v) is 9.52. The van der Waals surface area contributed by atoms with Gasteiger partial charge in [0, 0.05) is 12.1 Å². The normalized spacial score (nSPS) is 25.2. The Balaban J connectivity index is 2.45. The summed E-state index contributed by atoms with van der Waals surface area (Å²) in [5.74, 6) is -1.38. The summed E-state index contributed by atoms with van der Waals surface area (Å²) in [7, 11) is 0. The van der Waals surface area contributed by atoms with E-state index in [1.54, 1.807) is 0 Å². The topological polar surface area (TPSA) is 32.3 Å². The molecule has 1 unspecified atom stereocenters. The summed E-state index contributed by atoms with van der Waals surface area (Å²) in [5.41, 5.74) is -3.19. The Labute approximate surface area is 102 Å². The fraction of sp³-hybridized carbons (Fsp3) is 0.500. The number of nitrogens with one attached hydrogen (secondary N) is 1. The van der Waals surface area contributed by atoms with E-state index < -0.39 is 23.2 Å². The highest BCUT2D eigenvalue weighted by molar-refractivity contribution is 5.33. The molecule has 0 radical (unpaired) electrons. The number of benzene rings is 1. The van der Waals surface area contributed by atoms with Crippen LogP contribution in [0.1, 0.15) is 24.0 Å². The predicted octanol–water partition coefficient (Wildman–Crippen LogP) is 2.42. The summed E-state index contributed by atoms with van der Waals surface area (Å²) in [6.45, 7) is 0.730. The van der Waals surface area contributed by atoms with Crippen molar-refractivity contribution in [3.8, 4) is 0 Å². The Bertz CT molecular complexity index is 438. The van der Waals surface area contributed by atoms with E-state index in [-0.39, 0.29) is 18.5 Å². The first-order valence-electron chi connectivity index (χ1n) is 5.64. The lowest BCUT2D eigenvalue weighted by atomic mass is 9.85. The van der Waals surface area contributed by atoms with Crippen LogP contribution in [0, 0.1) is 5.82 Å². The molecule has 0 saturated carbocycles. The lowest BCUT2D eigenvalue weighted by molar-refractivity contribution is -0.140. The molecular weight excluding hydrogens is 250 g/mol. The number of aliphatic hydroxyl groups is 1. The number of piperidine rings is 1. The molecule has 2 nitrogen and oxygen atoms in total. The first kappa shape index (κ1) is 13.3.